The van der Waals surface area contributed by atoms with Crippen molar-refractivity contribution in [1.82, 2.24) is 5.43 Å². The number of carbonyl (C=O) groups is 2. The maximum absolute atomic E-state index is 12.4. The van der Waals surface area contributed by atoms with Gasteiger partial charge in [0.25, 0.3) is 5.91 Å². The fourth-order valence-electron chi connectivity index (χ4n) is 3.54. The van der Waals surface area contributed by atoms with Gasteiger partial charge in [-0.15, -0.1) is 0 Å². The molecule has 210 valence electrons. The molecule has 0 heterocycles. The number of hydrogen-bond acceptors (Lipinski definition) is 7. The zero-order chi connectivity index (χ0) is 28.7. The molecule has 0 saturated carbocycles. The van der Waals surface area contributed by atoms with Crippen LogP contribution in [0.3, 0.4) is 0 Å². The van der Waals surface area contributed by atoms with Gasteiger partial charge in [0.2, 0.25) is 0 Å². The normalized spacial score (nSPS) is 10.7. The van der Waals surface area contributed by atoms with Crippen LogP contribution in [0, 0.1) is 0 Å². The third-order valence-corrected chi connectivity index (χ3v) is 5.79. The lowest BCUT2D eigenvalue weighted by Crippen LogP contribution is -2.24. The average Bonchev–Trinajstić information content (AvgIpc) is 3.01. The van der Waals surface area contributed by atoms with Crippen LogP contribution in [0.15, 0.2) is 108 Å². The van der Waals surface area contributed by atoms with Gasteiger partial charge in [0.15, 0.2) is 6.61 Å². The fourth-order valence-corrected chi connectivity index (χ4v) is 3.54. The van der Waals surface area contributed by atoms with Crippen LogP contribution in [0.1, 0.15) is 41.3 Å². The van der Waals surface area contributed by atoms with Gasteiger partial charge in [-0.1, -0.05) is 43.7 Å². The monoisotopic (exact) mass is 552 g/mol. The Morgan fingerprint density at radius 2 is 1.34 bits per heavy atom. The quantitative estimate of drug-likeness (QED) is 0.0659. The molecule has 0 aliphatic carbocycles. The molecule has 8 heteroatoms. The van der Waals surface area contributed by atoms with E-state index in [0.717, 1.165) is 24.2 Å². The van der Waals surface area contributed by atoms with Crippen LogP contribution in [0.5, 0.6) is 23.0 Å². The number of hydrogen-bond donors (Lipinski definition) is 1. The van der Waals surface area contributed by atoms with E-state index in [0.29, 0.717) is 41.6 Å². The number of nitrogens with one attached hydrogen (secondary N) is 1. The van der Waals surface area contributed by atoms with Crippen molar-refractivity contribution in [3.8, 4) is 23.0 Å². The van der Waals surface area contributed by atoms with E-state index in [2.05, 4.69) is 17.5 Å². The Kier molecular flexibility index (Phi) is 10.9. The third-order valence-electron chi connectivity index (χ3n) is 5.79. The van der Waals surface area contributed by atoms with Gasteiger partial charge in [-0.25, -0.2) is 10.2 Å². The molecule has 0 aromatic heterocycles. The average molecular weight is 553 g/mol. The van der Waals surface area contributed by atoms with Crippen LogP contribution >= 0.6 is 0 Å². The minimum absolute atomic E-state index is 0.192. The largest absolute Gasteiger partial charge is 0.494 e. The Hall–Kier alpha value is -5.11. The lowest BCUT2D eigenvalue weighted by atomic mass is 10.2. The van der Waals surface area contributed by atoms with Gasteiger partial charge in [-0.3, -0.25) is 4.79 Å². The van der Waals surface area contributed by atoms with Crippen molar-refractivity contribution in [3.05, 3.63) is 120 Å². The molecule has 0 spiro atoms. The molecule has 0 atom stereocenters. The Bertz CT molecular complexity index is 1400. The Labute approximate surface area is 239 Å². The molecule has 0 saturated heterocycles. The van der Waals surface area contributed by atoms with Crippen molar-refractivity contribution in [2.45, 2.75) is 26.4 Å². The number of esters is 1. The van der Waals surface area contributed by atoms with Crippen LogP contribution in [-0.2, 0) is 11.4 Å². The Morgan fingerprint density at radius 3 is 2.02 bits per heavy atom. The van der Waals surface area contributed by atoms with Crippen molar-refractivity contribution in [1.29, 1.82) is 0 Å². The number of amides is 1. The number of carbonyl (C=O) groups excluding carboxylic acids is 2. The van der Waals surface area contributed by atoms with E-state index in [9.17, 15) is 9.59 Å². The van der Waals surface area contributed by atoms with E-state index < -0.39 is 11.9 Å². The molecule has 0 radical (unpaired) electrons. The second kappa shape index (κ2) is 15.5. The van der Waals surface area contributed by atoms with Gasteiger partial charge >= 0.3 is 5.97 Å². The van der Waals surface area contributed by atoms with Gasteiger partial charge in [0, 0.05) is 0 Å². The van der Waals surface area contributed by atoms with Crippen LogP contribution in [0.4, 0.5) is 0 Å². The first-order chi connectivity index (χ1) is 20.1. The summed E-state index contributed by atoms with van der Waals surface area (Å²) in [5.74, 6) is 1.49. The third kappa shape index (κ3) is 9.85. The topological polar surface area (TPSA) is 95.5 Å². The summed E-state index contributed by atoms with van der Waals surface area (Å²) in [5.41, 5.74) is 4.64. The first-order valence-electron chi connectivity index (χ1n) is 13.4. The van der Waals surface area contributed by atoms with E-state index in [1.165, 1.54) is 6.21 Å². The Morgan fingerprint density at radius 1 is 0.732 bits per heavy atom. The number of ether oxygens (including phenoxy) is 4. The predicted octanol–water partition coefficient (Wildman–Crippen LogP) is 6.19. The summed E-state index contributed by atoms with van der Waals surface area (Å²) in [5, 5.41) is 3.95. The van der Waals surface area contributed by atoms with E-state index >= 15 is 0 Å². The molecular formula is C33H32N2O6. The molecule has 0 aliphatic heterocycles. The van der Waals surface area contributed by atoms with Crippen molar-refractivity contribution in [2.24, 2.45) is 5.10 Å². The zero-order valence-corrected chi connectivity index (χ0v) is 22.8. The van der Waals surface area contributed by atoms with Crippen molar-refractivity contribution < 1.29 is 28.5 Å². The first kappa shape index (κ1) is 28.9. The number of nitrogens with zero attached hydrogens (tertiary/aromatic N) is 1. The maximum Gasteiger partial charge on any atom is 0.343 e. The molecule has 8 nitrogen and oxygen atoms in total. The van der Waals surface area contributed by atoms with Crippen molar-refractivity contribution in [3.63, 3.8) is 0 Å². The zero-order valence-electron chi connectivity index (χ0n) is 22.8. The smallest absolute Gasteiger partial charge is 0.343 e. The summed E-state index contributed by atoms with van der Waals surface area (Å²) in [7, 11) is 0. The highest BCUT2D eigenvalue weighted by Gasteiger charge is 2.09. The van der Waals surface area contributed by atoms with Crippen molar-refractivity contribution in [2.75, 3.05) is 13.2 Å². The number of rotatable bonds is 14. The summed E-state index contributed by atoms with van der Waals surface area (Å²) in [4.78, 5) is 24.5. The summed E-state index contributed by atoms with van der Waals surface area (Å²) in [6.07, 6.45) is 3.52. The second-order valence-electron chi connectivity index (χ2n) is 9.01. The van der Waals surface area contributed by atoms with E-state index in [4.69, 9.17) is 18.9 Å². The fraction of sp³-hybridized carbons (Fsp3) is 0.182. The molecule has 41 heavy (non-hydrogen) atoms. The summed E-state index contributed by atoms with van der Waals surface area (Å²) in [6, 6.07) is 30.5. The molecule has 0 bridgehead atoms. The minimum Gasteiger partial charge on any atom is -0.494 e. The maximum atomic E-state index is 12.4. The lowest BCUT2D eigenvalue weighted by molar-refractivity contribution is -0.123. The molecule has 1 N–H and O–H groups in total. The molecule has 1 amide bonds. The van der Waals surface area contributed by atoms with Gasteiger partial charge in [-0.05, 0) is 90.3 Å². The highest BCUT2D eigenvalue weighted by molar-refractivity contribution is 5.91. The molecular weight excluding hydrogens is 520 g/mol. The van der Waals surface area contributed by atoms with Crippen LogP contribution in [0.25, 0.3) is 0 Å². The second-order valence-corrected chi connectivity index (χ2v) is 9.01. The summed E-state index contributed by atoms with van der Waals surface area (Å²) >= 11 is 0. The summed E-state index contributed by atoms with van der Waals surface area (Å²) < 4.78 is 22.3. The van der Waals surface area contributed by atoms with Gasteiger partial charge < -0.3 is 18.9 Å². The first-order valence-corrected chi connectivity index (χ1v) is 13.4. The van der Waals surface area contributed by atoms with Gasteiger partial charge in [0.05, 0.1) is 18.4 Å². The molecule has 0 fully saturated rings. The summed E-state index contributed by atoms with van der Waals surface area (Å²) in [6.45, 7) is 3.03. The van der Waals surface area contributed by atoms with Crippen molar-refractivity contribution >= 4 is 18.1 Å². The van der Waals surface area contributed by atoms with Crippen LogP contribution in [-0.4, -0.2) is 31.3 Å². The molecule has 0 unspecified atom stereocenters. The SMILES string of the molecule is CCCCOc1ccc(C(=O)Oc2ccc(/C=N/NC(=O)COc3ccc(OCc4ccccc4)cc3)cc2)cc1. The number of unbranched alkanes of at least 4 members (excludes halogenated alkanes) is 1. The van der Waals surface area contributed by atoms with Gasteiger partial charge in [-0.2, -0.15) is 5.10 Å². The molecule has 0 aliphatic rings. The predicted molar refractivity (Wildman–Crippen MR) is 157 cm³/mol. The highest BCUT2D eigenvalue weighted by Crippen LogP contribution is 2.19. The van der Waals surface area contributed by atoms with Gasteiger partial charge in [0.1, 0.15) is 29.6 Å². The van der Waals surface area contributed by atoms with Crippen LogP contribution in [0.2, 0.25) is 0 Å². The molecule has 4 rings (SSSR count). The molecule has 4 aromatic rings. The number of benzene rings is 4. The van der Waals surface area contributed by atoms with E-state index in [-0.39, 0.29) is 6.61 Å². The Balaban J connectivity index is 1.16. The standard InChI is InChI=1S/C33H32N2O6/c1-2-3-21-38-28-15-11-27(12-16-28)33(37)41-31-13-9-25(10-14-31)22-34-35-32(36)24-40-30-19-17-29(18-20-30)39-23-26-7-5-4-6-8-26/h4-20,22H,2-3,21,23-24H2,1H3,(H,35,36)/b34-22+. The number of hydrazone groups is 1. The van der Waals surface area contributed by atoms with E-state index in [1.807, 2.05) is 30.3 Å². The highest BCUT2D eigenvalue weighted by atomic mass is 16.5. The lowest BCUT2D eigenvalue weighted by Gasteiger charge is -2.08. The van der Waals surface area contributed by atoms with E-state index in [1.54, 1.807) is 72.8 Å². The minimum atomic E-state index is -0.465. The van der Waals surface area contributed by atoms with Crippen LogP contribution < -0.4 is 24.4 Å². The molecule has 4 aromatic carbocycles.